The molecular formula is C21H20N6OS. The summed E-state index contributed by atoms with van der Waals surface area (Å²) in [5.74, 6) is 0.564. The van der Waals surface area contributed by atoms with Crippen molar-refractivity contribution < 1.29 is 4.79 Å². The summed E-state index contributed by atoms with van der Waals surface area (Å²) in [6, 6.07) is 16.7. The first-order valence-corrected chi connectivity index (χ1v) is 10.1. The van der Waals surface area contributed by atoms with Gasteiger partial charge in [-0.2, -0.15) is 14.6 Å². The number of nitrogens with zero attached hydrogens (tertiary/aromatic N) is 4. The molecule has 146 valence electrons. The van der Waals surface area contributed by atoms with Gasteiger partial charge in [0, 0.05) is 21.8 Å². The number of anilines is 2. The number of para-hydroxylation sites is 2. The fourth-order valence-electron chi connectivity index (χ4n) is 3.04. The van der Waals surface area contributed by atoms with E-state index in [0.717, 1.165) is 39.0 Å². The van der Waals surface area contributed by atoms with Gasteiger partial charge in [-0.25, -0.2) is 9.78 Å². The molecule has 7 nitrogen and oxygen atoms in total. The third-order valence-electron chi connectivity index (χ3n) is 4.41. The van der Waals surface area contributed by atoms with Gasteiger partial charge in [-0.3, -0.25) is 0 Å². The van der Waals surface area contributed by atoms with Gasteiger partial charge in [0.15, 0.2) is 0 Å². The van der Waals surface area contributed by atoms with E-state index in [2.05, 4.69) is 32.6 Å². The molecule has 2 heterocycles. The molecule has 2 N–H and O–H groups in total. The quantitative estimate of drug-likeness (QED) is 0.467. The Hall–Kier alpha value is -3.39. The lowest BCUT2D eigenvalue weighted by atomic mass is 10.2. The second-order valence-electron chi connectivity index (χ2n) is 6.35. The lowest BCUT2D eigenvalue weighted by Crippen LogP contribution is -2.19. The molecule has 29 heavy (non-hydrogen) atoms. The van der Waals surface area contributed by atoms with Gasteiger partial charge in [-0.15, -0.1) is 0 Å². The number of rotatable bonds is 5. The number of benzene rings is 2. The molecule has 2 amide bonds. The van der Waals surface area contributed by atoms with Crippen LogP contribution in [0.2, 0.25) is 0 Å². The van der Waals surface area contributed by atoms with Crippen LogP contribution in [0.3, 0.4) is 0 Å². The van der Waals surface area contributed by atoms with Crippen molar-refractivity contribution in [2.45, 2.75) is 30.2 Å². The Morgan fingerprint density at radius 3 is 2.62 bits per heavy atom. The van der Waals surface area contributed by atoms with Crippen LogP contribution >= 0.6 is 11.8 Å². The van der Waals surface area contributed by atoms with Gasteiger partial charge in [0.05, 0.1) is 5.69 Å². The summed E-state index contributed by atoms with van der Waals surface area (Å²) in [6.07, 6.45) is 2.32. The Bertz CT molecular complexity index is 1160. The molecular weight excluding hydrogens is 384 g/mol. The molecule has 0 atom stereocenters. The van der Waals surface area contributed by atoms with E-state index in [0.29, 0.717) is 5.78 Å². The highest BCUT2D eigenvalue weighted by Crippen LogP contribution is 2.36. The second-order valence-corrected chi connectivity index (χ2v) is 7.38. The van der Waals surface area contributed by atoms with Crippen molar-refractivity contribution in [1.29, 1.82) is 0 Å². The average Bonchev–Trinajstić information content (AvgIpc) is 3.18. The molecule has 0 aliphatic carbocycles. The van der Waals surface area contributed by atoms with E-state index in [-0.39, 0.29) is 6.03 Å². The summed E-state index contributed by atoms with van der Waals surface area (Å²) in [7, 11) is 0. The van der Waals surface area contributed by atoms with Crippen LogP contribution in [0.15, 0.2) is 70.8 Å². The Kier molecular flexibility index (Phi) is 5.44. The largest absolute Gasteiger partial charge is 0.323 e. The minimum Gasteiger partial charge on any atom is -0.308 e. The Morgan fingerprint density at radius 1 is 1.07 bits per heavy atom. The Balaban J connectivity index is 1.64. The number of nitrogens with one attached hydrogen (secondary N) is 2. The van der Waals surface area contributed by atoms with Crippen molar-refractivity contribution in [3.05, 3.63) is 72.2 Å². The predicted molar refractivity (Wildman–Crippen MR) is 115 cm³/mol. The number of hydrogen-bond donors (Lipinski definition) is 2. The lowest BCUT2D eigenvalue weighted by molar-refractivity contribution is 0.262. The van der Waals surface area contributed by atoms with Gasteiger partial charge in [0.25, 0.3) is 5.78 Å². The van der Waals surface area contributed by atoms with Crippen molar-refractivity contribution in [3.8, 4) is 0 Å². The van der Waals surface area contributed by atoms with E-state index in [4.69, 9.17) is 0 Å². The predicted octanol–water partition coefficient (Wildman–Crippen LogP) is 4.79. The van der Waals surface area contributed by atoms with Gasteiger partial charge in [-0.1, -0.05) is 49.0 Å². The number of carbonyl (C=O) groups excluding carboxylic acids is 1. The molecule has 0 spiro atoms. The highest BCUT2D eigenvalue weighted by Gasteiger charge is 2.16. The molecule has 0 saturated heterocycles. The van der Waals surface area contributed by atoms with Crippen LogP contribution < -0.4 is 10.6 Å². The van der Waals surface area contributed by atoms with Crippen molar-refractivity contribution in [3.63, 3.8) is 0 Å². The Morgan fingerprint density at radius 2 is 1.83 bits per heavy atom. The highest BCUT2D eigenvalue weighted by molar-refractivity contribution is 7.99. The summed E-state index contributed by atoms with van der Waals surface area (Å²) >= 11 is 1.54. The van der Waals surface area contributed by atoms with Crippen LogP contribution in [0.25, 0.3) is 5.78 Å². The lowest BCUT2D eigenvalue weighted by Gasteiger charge is -2.15. The third kappa shape index (κ3) is 4.07. The van der Waals surface area contributed by atoms with Crippen LogP contribution in [0.4, 0.5) is 16.2 Å². The SMILES string of the molecule is CCc1c(C)nc2ncnn2c1Sc1ccccc1NC(=O)Nc1ccccc1. The van der Waals surface area contributed by atoms with Crippen molar-refractivity contribution in [2.24, 2.45) is 0 Å². The molecule has 4 aromatic rings. The standard InChI is InChI=1S/C21H20N6OS/c1-3-16-14(2)24-20-22-13-23-27(20)19(16)29-18-12-8-7-11-17(18)26-21(28)25-15-9-5-4-6-10-15/h4-13H,3H2,1-2H3,(H2,25,26,28). The molecule has 2 aromatic heterocycles. The number of aromatic nitrogens is 4. The maximum absolute atomic E-state index is 12.5. The van der Waals surface area contributed by atoms with Gasteiger partial charge in [0.2, 0.25) is 0 Å². The summed E-state index contributed by atoms with van der Waals surface area (Å²) in [5.41, 5.74) is 3.49. The van der Waals surface area contributed by atoms with E-state index in [1.165, 1.54) is 18.1 Å². The first kappa shape index (κ1) is 18.9. The van der Waals surface area contributed by atoms with Crippen LogP contribution in [0.1, 0.15) is 18.2 Å². The summed E-state index contributed by atoms with van der Waals surface area (Å²) in [4.78, 5) is 22.1. The molecule has 8 heteroatoms. The maximum Gasteiger partial charge on any atom is 0.323 e. The first-order valence-electron chi connectivity index (χ1n) is 9.25. The molecule has 0 saturated carbocycles. The van der Waals surface area contributed by atoms with E-state index >= 15 is 0 Å². The maximum atomic E-state index is 12.5. The minimum atomic E-state index is -0.295. The van der Waals surface area contributed by atoms with Crippen molar-refractivity contribution >= 4 is 34.9 Å². The van der Waals surface area contributed by atoms with Gasteiger partial charge in [0.1, 0.15) is 11.4 Å². The number of fused-ring (bicyclic) bond motifs is 1. The zero-order valence-corrected chi connectivity index (χ0v) is 16.9. The molecule has 4 rings (SSSR count). The first-order chi connectivity index (χ1) is 14.2. The minimum absolute atomic E-state index is 0.295. The van der Waals surface area contributed by atoms with Crippen LogP contribution in [-0.2, 0) is 6.42 Å². The fourth-order valence-corrected chi connectivity index (χ4v) is 4.25. The summed E-state index contributed by atoms with van der Waals surface area (Å²) in [5, 5.41) is 11.1. The van der Waals surface area contributed by atoms with Crippen molar-refractivity contribution in [2.75, 3.05) is 10.6 Å². The topological polar surface area (TPSA) is 84.2 Å². The number of aryl methyl sites for hydroxylation is 1. The molecule has 0 radical (unpaired) electrons. The van der Waals surface area contributed by atoms with E-state index in [1.54, 1.807) is 4.52 Å². The van der Waals surface area contributed by atoms with Crippen molar-refractivity contribution in [1.82, 2.24) is 19.6 Å². The normalized spacial score (nSPS) is 10.8. The molecule has 0 aliphatic heterocycles. The zero-order valence-electron chi connectivity index (χ0n) is 16.1. The molecule has 0 bridgehead atoms. The smallest absolute Gasteiger partial charge is 0.308 e. The van der Waals surface area contributed by atoms with Gasteiger partial charge >= 0.3 is 6.03 Å². The van der Waals surface area contributed by atoms with E-state index in [9.17, 15) is 4.79 Å². The van der Waals surface area contributed by atoms with E-state index < -0.39 is 0 Å². The van der Waals surface area contributed by atoms with E-state index in [1.807, 2.05) is 61.5 Å². The van der Waals surface area contributed by atoms with Gasteiger partial charge < -0.3 is 10.6 Å². The molecule has 0 fully saturated rings. The monoisotopic (exact) mass is 404 g/mol. The fraction of sp³-hybridized carbons (Fsp3) is 0.143. The van der Waals surface area contributed by atoms with Crippen LogP contribution in [0.5, 0.6) is 0 Å². The number of urea groups is 1. The third-order valence-corrected chi connectivity index (χ3v) is 5.60. The average molecular weight is 404 g/mol. The number of hydrogen-bond acceptors (Lipinski definition) is 5. The number of amides is 2. The zero-order chi connectivity index (χ0) is 20.2. The van der Waals surface area contributed by atoms with Gasteiger partial charge in [-0.05, 0) is 37.6 Å². The van der Waals surface area contributed by atoms with Crippen LogP contribution in [-0.4, -0.2) is 25.6 Å². The molecule has 2 aromatic carbocycles. The number of carbonyl (C=O) groups is 1. The Labute approximate surface area is 172 Å². The highest BCUT2D eigenvalue weighted by atomic mass is 32.2. The summed E-state index contributed by atoms with van der Waals surface area (Å²) in [6.45, 7) is 4.07. The van der Waals surface area contributed by atoms with Crippen LogP contribution in [0, 0.1) is 6.92 Å². The molecule has 0 unspecified atom stereocenters. The second kappa shape index (κ2) is 8.32. The molecule has 0 aliphatic rings. The summed E-state index contributed by atoms with van der Waals surface area (Å²) < 4.78 is 1.75.